The fourth-order valence-electron chi connectivity index (χ4n) is 4.82. The highest BCUT2D eigenvalue weighted by molar-refractivity contribution is 6.05. The maximum atomic E-state index is 14.3. The van der Waals surface area contributed by atoms with E-state index in [1.165, 1.54) is 12.1 Å². The first-order chi connectivity index (χ1) is 22.4. The second-order valence-corrected chi connectivity index (χ2v) is 10.1. The predicted octanol–water partition coefficient (Wildman–Crippen LogP) is 6.34. The lowest BCUT2D eigenvalue weighted by molar-refractivity contribution is 0.102. The number of hydrogen-bond donors (Lipinski definition) is 3. The highest BCUT2D eigenvalue weighted by Gasteiger charge is 2.20. The van der Waals surface area contributed by atoms with Gasteiger partial charge in [0.2, 0.25) is 5.95 Å². The smallest absolute Gasteiger partial charge is 0.255 e. The van der Waals surface area contributed by atoms with Gasteiger partial charge in [0, 0.05) is 47.9 Å². The lowest BCUT2D eigenvalue weighted by Gasteiger charge is -2.11. The van der Waals surface area contributed by atoms with Gasteiger partial charge in [0.1, 0.15) is 23.8 Å². The topological polar surface area (TPSA) is 115 Å². The largest absolute Gasteiger partial charge is 0.497 e. The van der Waals surface area contributed by atoms with Crippen LogP contribution in [-0.2, 0) is 0 Å². The number of benzene rings is 3. The van der Waals surface area contributed by atoms with E-state index in [1.54, 1.807) is 49.7 Å². The summed E-state index contributed by atoms with van der Waals surface area (Å²) in [6.07, 6.45) is 3.46. The summed E-state index contributed by atoms with van der Waals surface area (Å²) in [5.41, 5.74) is 3.63. The van der Waals surface area contributed by atoms with E-state index in [9.17, 15) is 13.6 Å². The van der Waals surface area contributed by atoms with E-state index in [4.69, 9.17) is 19.4 Å². The number of nitrogens with zero attached hydrogens (tertiary/aromatic N) is 4. The Labute approximate surface area is 263 Å². The molecule has 3 heterocycles. The number of hydrogen-bond acceptors (Lipinski definition) is 8. The van der Waals surface area contributed by atoms with Gasteiger partial charge in [-0.25, -0.2) is 23.7 Å². The molecule has 0 saturated heterocycles. The monoisotopic (exact) mass is 621 g/mol. The second kappa shape index (κ2) is 13.4. The van der Waals surface area contributed by atoms with Crippen molar-refractivity contribution >= 4 is 28.9 Å². The summed E-state index contributed by atoms with van der Waals surface area (Å²) in [6.45, 7) is 1.24. The fraction of sp³-hybridized carbons (Fsp3) is 0.118. The van der Waals surface area contributed by atoms with Crippen LogP contribution < -0.4 is 25.4 Å². The first kappa shape index (κ1) is 30.2. The molecule has 0 aliphatic heterocycles. The Bertz CT molecular complexity index is 2030. The Kier molecular flexibility index (Phi) is 8.79. The van der Waals surface area contributed by atoms with Crippen molar-refractivity contribution in [2.75, 3.05) is 37.9 Å². The van der Waals surface area contributed by atoms with Crippen LogP contribution in [-0.4, -0.2) is 52.6 Å². The second-order valence-electron chi connectivity index (χ2n) is 10.1. The van der Waals surface area contributed by atoms with Gasteiger partial charge in [0.15, 0.2) is 11.6 Å². The number of amides is 1. The quantitative estimate of drug-likeness (QED) is 0.144. The third-order valence-corrected chi connectivity index (χ3v) is 7.04. The van der Waals surface area contributed by atoms with E-state index in [0.717, 1.165) is 18.3 Å². The molecule has 0 spiro atoms. The number of aromatic nitrogens is 4. The van der Waals surface area contributed by atoms with Crippen LogP contribution in [0, 0.1) is 11.6 Å². The van der Waals surface area contributed by atoms with Gasteiger partial charge in [0.05, 0.1) is 29.9 Å². The summed E-state index contributed by atoms with van der Waals surface area (Å²) in [4.78, 5) is 27.2. The number of methoxy groups -OCH3 is 1. The van der Waals surface area contributed by atoms with Crippen molar-refractivity contribution < 1.29 is 23.0 Å². The zero-order valence-electron chi connectivity index (χ0n) is 24.9. The van der Waals surface area contributed by atoms with E-state index in [1.807, 2.05) is 48.0 Å². The van der Waals surface area contributed by atoms with E-state index >= 15 is 0 Å². The van der Waals surface area contributed by atoms with Gasteiger partial charge in [-0.1, -0.05) is 24.3 Å². The van der Waals surface area contributed by atoms with Gasteiger partial charge in [-0.3, -0.25) is 9.20 Å². The summed E-state index contributed by atoms with van der Waals surface area (Å²) in [7, 11) is 3.44. The first-order valence-corrected chi connectivity index (χ1v) is 14.3. The molecule has 3 aromatic heterocycles. The Balaban J connectivity index is 1.37. The van der Waals surface area contributed by atoms with Crippen molar-refractivity contribution in [1.82, 2.24) is 24.7 Å². The average molecular weight is 622 g/mol. The Morgan fingerprint density at radius 3 is 2.63 bits per heavy atom. The zero-order valence-corrected chi connectivity index (χ0v) is 24.9. The Morgan fingerprint density at radius 2 is 1.78 bits per heavy atom. The number of halogens is 2. The van der Waals surface area contributed by atoms with E-state index in [2.05, 4.69) is 20.9 Å². The third kappa shape index (κ3) is 6.47. The molecule has 0 aliphatic rings. The van der Waals surface area contributed by atoms with Crippen LogP contribution in [0.25, 0.3) is 28.3 Å². The van der Waals surface area contributed by atoms with Crippen molar-refractivity contribution in [2.24, 2.45) is 0 Å². The summed E-state index contributed by atoms with van der Waals surface area (Å²) < 4.78 is 41.1. The average Bonchev–Trinajstić information content (AvgIpc) is 3.46. The van der Waals surface area contributed by atoms with Gasteiger partial charge >= 0.3 is 0 Å². The standard InChI is InChI=1S/C34H29F2N7O3/c1-37-15-17-46-25-9-4-8-23(19-25)39-34-38-14-12-28(41-34)32-31(42-29-20-24(45-2)13-16-43(29)32)21-6-3-7-22(18-21)33(44)40-27-11-5-10-26(35)30(27)36/h3-14,16,18-20,37H,15,17H2,1-2H3,(H,40,44)(H,38,39,41). The molecule has 0 aliphatic carbocycles. The molecule has 0 bridgehead atoms. The number of imidazole rings is 1. The van der Waals surface area contributed by atoms with E-state index < -0.39 is 17.5 Å². The minimum Gasteiger partial charge on any atom is -0.497 e. The van der Waals surface area contributed by atoms with Gasteiger partial charge in [0.25, 0.3) is 5.91 Å². The molecule has 10 nitrogen and oxygen atoms in total. The molecule has 232 valence electrons. The number of ether oxygens (including phenoxy) is 2. The molecule has 12 heteroatoms. The number of pyridine rings is 1. The van der Waals surface area contributed by atoms with Crippen molar-refractivity contribution in [1.29, 1.82) is 0 Å². The molecule has 6 rings (SSSR count). The minimum absolute atomic E-state index is 0.226. The molecule has 0 saturated carbocycles. The van der Waals surface area contributed by atoms with Crippen LogP contribution in [0.2, 0.25) is 0 Å². The number of rotatable bonds is 11. The highest BCUT2D eigenvalue weighted by Crippen LogP contribution is 2.34. The third-order valence-electron chi connectivity index (χ3n) is 7.04. The lowest BCUT2D eigenvalue weighted by atomic mass is 10.0. The predicted molar refractivity (Wildman–Crippen MR) is 172 cm³/mol. The highest BCUT2D eigenvalue weighted by atomic mass is 19.2. The molecule has 0 radical (unpaired) electrons. The maximum Gasteiger partial charge on any atom is 0.255 e. The SMILES string of the molecule is CNCCOc1cccc(Nc2nccc(-c3c(-c4cccc(C(=O)Nc5cccc(F)c5F)c4)nc4cc(OC)ccn34)n2)c1. The van der Waals surface area contributed by atoms with Gasteiger partial charge in [-0.15, -0.1) is 0 Å². The summed E-state index contributed by atoms with van der Waals surface area (Å²) in [5, 5.41) is 8.73. The lowest BCUT2D eigenvalue weighted by Crippen LogP contribution is -2.15. The van der Waals surface area contributed by atoms with Crippen LogP contribution in [0.5, 0.6) is 11.5 Å². The summed E-state index contributed by atoms with van der Waals surface area (Å²) >= 11 is 0. The summed E-state index contributed by atoms with van der Waals surface area (Å²) in [5.74, 6) is -1.12. The fourth-order valence-corrected chi connectivity index (χ4v) is 4.82. The molecule has 6 aromatic rings. The van der Waals surface area contributed by atoms with Crippen molar-refractivity contribution in [3.05, 3.63) is 115 Å². The zero-order chi connectivity index (χ0) is 32.0. The molecule has 0 fully saturated rings. The van der Waals surface area contributed by atoms with Crippen molar-refractivity contribution in [3.8, 4) is 34.1 Å². The minimum atomic E-state index is -1.13. The molecular formula is C34H29F2N7O3. The summed E-state index contributed by atoms with van der Waals surface area (Å²) in [6, 6.07) is 23.2. The van der Waals surface area contributed by atoms with Crippen LogP contribution >= 0.6 is 0 Å². The number of carbonyl (C=O) groups excluding carboxylic acids is 1. The van der Waals surface area contributed by atoms with Crippen LogP contribution in [0.1, 0.15) is 10.4 Å². The first-order valence-electron chi connectivity index (χ1n) is 14.3. The van der Waals surface area contributed by atoms with Crippen LogP contribution in [0.15, 0.2) is 97.3 Å². The van der Waals surface area contributed by atoms with Crippen LogP contribution in [0.3, 0.4) is 0 Å². The number of carbonyl (C=O) groups is 1. The van der Waals surface area contributed by atoms with Crippen molar-refractivity contribution in [2.45, 2.75) is 0 Å². The van der Waals surface area contributed by atoms with Gasteiger partial charge in [-0.05, 0) is 55.6 Å². The normalized spacial score (nSPS) is 11.0. The van der Waals surface area contributed by atoms with Crippen molar-refractivity contribution in [3.63, 3.8) is 0 Å². The number of fused-ring (bicyclic) bond motifs is 1. The molecule has 3 N–H and O–H groups in total. The maximum absolute atomic E-state index is 14.3. The molecule has 46 heavy (non-hydrogen) atoms. The molecule has 0 unspecified atom stereocenters. The van der Waals surface area contributed by atoms with Gasteiger partial charge in [-0.2, -0.15) is 0 Å². The molecule has 3 aromatic carbocycles. The number of nitrogens with one attached hydrogen (secondary N) is 3. The van der Waals surface area contributed by atoms with Crippen LogP contribution in [0.4, 0.5) is 26.1 Å². The Morgan fingerprint density at radius 1 is 0.935 bits per heavy atom. The number of likely N-dealkylation sites (N-methyl/N-ethyl adjacent to an activating group) is 1. The van der Waals surface area contributed by atoms with E-state index in [0.29, 0.717) is 52.3 Å². The van der Waals surface area contributed by atoms with Gasteiger partial charge < -0.3 is 25.4 Å². The molecular weight excluding hydrogens is 592 g/mol. The Hall–Kier alpha value is -5.88. The molecule has 1 amide bonds. The van der Waals surface area contributed by atoms with E-state index in [-0.39, 0.29) is 11.3 Å². The number of anilines is 3. The molecule has 0 atom stereocenters.